The maximum atomic E-state index is 5.60. The minimum Gasteiger partial charge on any atom is -0.497 e. The second kappa shape index (κ2) is 4.14. The summed E-state index contributed by atoms with van der Waals surface area (Å²) in [5.41, 5.74) is 8.62. The second-order valence-corrected chi connectivity index (χ2v) is 3.20. The van der Waals surface area contributed by atoms with Crippen molar-refractivity contribution in [3.8, 4) is 16.9 Å². The topological polar surface area (TPSA) is 63.9 Å². The van der Waals surface area contributed by atoms with Crippen molar-refractivity contribution in [2.75, 3.05) is 7.11 Å². The van der Waals surface area contributed by atoms with E-state index in [0.717, 1.165) is 22.6 Å². The number of nitrogens with zero attached hydrogens (tertiary/aromatic N) is 1. The molecular weight excluding hydrogens is 190 g/mol. The highest BCUT2D eigenvalue weighted by Crippen LogP contribution is 2.25. The van der Waals surface area contributed by atoms with Crippen LogP contribution in [0.15, 0.2) is 30.5 Å². The van der Waals surface area contributed by atoms with Gasteiger partial charge in [-0.15, -0.1) is 0 Å². The fraction of sp³-hybridized carbons (Fsp3) is 0.182. The number of benzene rings is 1. The van der Waals surface area contributed by atoms with E-state index in [4.69, 9.17) is 10.5 Å². The van der Waals surface area contributed by atoms with Gasteiger partial charge in [0.2, 0.25) is 0 Å². The molecule has 0 saturated carbocycles. The van der Waals surface area contributed by atoms with Crippen molar-refractivity contribution in [3.05, 3.63) is 36.2 Å². The molecule has 0 radical (unpaired) electrons. The van der Waals surface area contributed by atoms with Gasteiger partial charge in [-0.25, -0.2) is 0 Å². The number of aromatic nitrogens is 2. The molecule has 1 heterocycles. The van der Waals surface area contributed by atoms with E-state index in [9.17, 15) is 0 Å². The van der Waals surface area contributed by atoms with E-state index in [-0.39, 0.29) is 0 Å². The lowest BCUT2D eigenvalue weighted by Gasteiger charge is -2.03. The number of ether oxygens (including phenoxy) is 1. The van der Waals surface area contributed by atoms with Gasteiger partial charge < -0.3 is 10.5 Å². The van der Waals surface area contributed by atoms with Crippen LogP contribution in [0, 0.1) is 0 Å². The molecule has 0 aliphatic carbocycles. The molecule has 2 aromatic rings. The van der Waals surface area contributed by atoms with Crippen LogP contribution in [0.1, 0.15) is 5.69 Å². The molecule has 0 spiro atoms. The van der Waals surface area contributed by atoms with Crippen molar-refractivity contribution in [1.29, 1.82) is 0 Å². The maximum absolute atomic E-state index is 5.60. The Bertz CT molecular complexity index is 451. The van der Waals surface area contributed by atoms with Crippen LogP contribution in [0.2, 0.25) is 0 Å². The number of hydrogen-bond acceptors (Lipinski definition) is 3. The molecule has 2 rings (SSSR count). The van der Waals surface area contributed by atoms with Crippen molar-refractivity contribution in [2.45, 2.75) is 6.54 Å². The zero-order valence-corrected chi connectivity index (χ0v) is 8.53. The lowest BCUT2D eigenvalue weighted by molar-refractivity contribution is 0.415. The molecule has 78 valence electrons. The Balaban J connectivity index is 2.44. The maximum Gasteiger partial charge on any atom is 0.119 e. The van der Waals surface area contributed by atoms with Gasteiger partial charge in [-0.05, 0) is 17.7 Å². The molecule has 0 aliphatic heterocycles. The highest BCUT2D eigenvalue weighted by atomic mass is 16.5. The predicted octanol–water partition coefficient (Wildman–Crippen LogP) is 1.54. The van der Waals surface area contributed by atoms with E-state index in [1.807, 2.05) is 24.3 Å². The zero-order chi connectivity index (χ0) is 10.7. The second-order valence-electron chi connectivity index (χ2n) is 3.20. The van der Waals surface area contributed by atoms with Crippen LogP contribution in [0.25, 0.3) is 11.1 Å². The van der Waals surface area contributed by atoms with Crippen LogP contribution in [-0.2, 0) is 6.54 Å². The van der Waals surface area contributed by atoms with E-state index in [1.165, 1.54) is 0 Å². The Kier molecular flexibility index (Phi) is 2.69. The summed E-state index contributed by atoms with van der Waals surface area (Å²) in [7, 11) is 1.65. The first-order valence-electron chi connectivity index (χ1n) is 4.72. The van der Waals surface area contributed by atoms with Gasteiger partial charge >= 0.3 is 0 Å². The smallest absolute Gasteiger partial charge is 0.119 e. The van der Waals surface area contributed by atoms with Gasteiger partial charge in [0.25, 0.3) is 0 Å². The van der Waals surface area contributed by atoms with Crippen molar-refractivity contribution in [1.82, 2.24) is 10.2 Å². The van der Waals surface area contributed by atoms with Crippen LogP contribution >= 0.6 is 0 Å². The van der Waals surface area contributed by atoms with Crippen LogP contribution < -0.4 is 10.5 Å². The molecule has 0 aliphatic rings. The van der Waals surface area contributed by atoms with Gasteiger partial charge in [0.1, 0.15) is 5.75 Å². The number of aromatic amines is 1. The van der Waals surface area contributed by atoms with Gasteiger partial charge in [-0.2, -0.15) is 5.10 Å². The lowest BCUT2D eigenvalue weighted by atomic mass is 10.1. The van der Waals surface area contributed by atoms with E-state index >= 15 is 0 Å². The van der Waals surface area contributed by atoms with Gasteiger partial charge in [0.15, 0.2) is 0 Å². The lowest BCUT2D eigenvalue weighted by Crippen LogP contribution is -1.98. The first-order valence-corrected chi connectivity index (χ1v) is 4.72. The third kappa shape index (κ3) is 1.85. The summed E-state index contributed by atoms with van der Waals surface area (Å²) in [4.78, 5) is 0. The molecule has 0 amide bonds. The number of methoxy groups -OCH3 is 1. The Labute approximate surface area is 88.1 Å². The first-order chi connectivity index (χ1) is 7.35. The van der Waals surface area contributed by atoms with E-state index in [2.05, 4.69) is 10.2 Å². The van der Waals surface area contributed by atoms with Crippen LogP contribution in [-0.4, -0.2) is 17.3 Å². The summed E-state index contributed by atoms with van der Waals surface area (Å²) in [5.74, 6) is 0.830. The predicted molar refractivity (Wildman–Crippen MR) is 58.5 cm³/mol. The first kappa shape index (κ1) is 9.73. The third-order valence-electron chi connectivity index (χ3n) is 2.30. The van der Waals surface area contributed by atoms with Crippen molar-refractivity contribution < 1.29 is 4.74 Å². The Hall–Kier alpha value is -1.81. The van der Waals surface area contributed by atoms with Gasteiger partial charge in [-0.1, -0.05) is 12.1 Å². The third-order valence-corrected chi connectivity index (χ3v) is 2.30. The minimum absolute atomic E-state index is 0.451. The van der Waals surface area contributed by atoms with Gasteiger partial charge in [-0.3, -0.25) is 5.10 Å². The van der Waals surface area contributed by atoms with Gasteiger partial charge in [0.05, 0.1) is 19.0 Å². The monoisotopic (exact) mass is 203 g/mol. The highest BCUT2D eigenvalue weighted by Gasteiger charge is 2.06. The van der Waals surface area contributed by atoms with Crippen molar-refractivity contribution in [2.24, 2.45) is 5.73 Å². The standard InChI is InChI=1S/C11H13N3O/c1-15-9-4-2-3-8(5-9)10-7-13-14-11(10)6-12/h2-5,7H,6,12H2,1H3,(H,13,14). The summed E-state index contributed by atoms with van der Waals surface area (Å²) in [6.45, 7) is 0.451. The SMILES string of the molecule is COc1cccc(-c2cn[nH]c2CN)c1. The summed E-state index contributed by atoms with van der Waals surface area (Å²) in [6, 6.07) is 7.82. The molecular formula is C11H13N3O. The van der Waals surface area contributed by atoms with E-state index < -0.39 is 0 Å². The molecule has 15 heavy (non-hydrogen) atoms. The zero-order valence-electron chi connectivity index (χ0n) is 8.53. The Morgan fingerprint density at radius 3 is 3.07 bits per heavy atom. The summed E-state index contributed by atoms with van der Waals surface area (Å²) in [5, 5.41) is 6.85. The molecule has 0 unspecified atom stereocenters. The minimum atomic E-state index is 0.451. The molecule has 1 aromatic heterocycles. The molecule has 1 aromatic carbocycles. The quantitative estimate of drug-likeness (QED) is 0.795. The molecule has 0 atom stereocenters. The average molecular weight is 203 g/mol. The van der Waals surface area contributed by atoms with Crippen LogP contribution in [0.4, 0.5) is 0 Å². The van der Waals surface area contributed by atoms with Crippen LogP contribution in [0.3, 0.4) is 0 Å². The molecule has 4 nitrogen and oxygen atoms in total. The molecule has 0 fully saturated rings. The average Bonchev–Trinajstić information content (AvgIpc) is 2.77. The summed E-state index contributed by atoms with van der Waals surface area (Å²) in [6.07, 6.45) is 1.77. The molecule has 3 N–H and O–H groups in total. The Morgan fingerprint density at radius 2 is 2.33 bits per heavy atom. The normalized spacial score (nSPS) is 10.3. The fourth-order valence-corrected chi connectivity index (χ4v) is 1.51. The molecule has 0 bridgehead atoms. The number of hydrogen-bond donors (Lipinski definition) is 2. The van der Waals surface area contributed by atoms with E-state index in [0.29, 0.717) is 6.54 Å². The number of nitrogens with two attached hydrogens (primary N) is 1. The van der Waals surface area contributed by atoms with E-state index in [1.54, 1.807) is 13.3 Å². The number of rotatable bonds is 3. The largest absolute Gasteiger partial charge is 0.497 e. The van der Waals surface area contributed by atoms with Crippen molar-refractivity contribution >= 4 is 0 Å². The van der Waals surface area contributed by atoms with Crippen molar-refractivity contribution in [3.63, 3.8) is 0 Å². The highest BCUT2D eigenvalue weighted by molar-refractivity contribution is 5.66. The fourth-order valence-electron chi connectivity index (χ4n) is 1.51. The summed E-state index contributed by atoms with van der Waals surface area (Å²) >= 11 is 0. The number of nitrogens with one attached hydrogen (secondary N) is 1. The Morgan fingerprint density at radius 1 is 1.47 bits per heavy atom. The van der Waals surface area contributed by atoms with Crippen LogP contribution in [0.5, 0.6) is 5.75 Å². The number of H-pyrrole nitrogens is 1. The molecule has 0 saturated heterocycles. The van der Waals surface area contributed by atoms with Gasteiger partial charge in [0, 0.05) is 12.1 Å². The molecule has 4 heteroatoms. The summed E-state index contributed by atoms with van der Waals surface area (Å²) < 4.78 is 5.16.